The van der Waals surface area contributed by atoms with Gasteiger partial charge in [0.15, 0.2) is 11.6 Å². The second-order valence-corrected chi connectivity index (χ2v) is 8.07. The Morgan fingerprint density at radius 1 is 1.22 bits per heavy atom. The molecule has 3 aromatic rings. The summed E-state index contributed by atoms with van der Waals surface area (Å²) in [5.74, 6) is 1.86. The van der Waals surface area contributed by atoms with Gasteiger partial charge in [-0.1, -0.05) is 18.2 Å². The summed E-state index contributed by atoms with van der Waals surface area (Å²) in [5, 5.41) is 5.40. The first-order chi connectivity index (χ1) is 13.0. The summed E-state index contributed by atoms with van der Waals surface area (Å²) < 4.78 is 7.61. The molecule has 1 unspecified atom stereocenters. The van der Waals surface area contributed by atoms with Crippen molar-refractivity contribution in [2.24, 2.45) is 12.5 Å². The Hall–Kier alpha value is -2.67. The van der Waals surface area contributed by atoms with Gasteiger partial charge in [-0.2, -0.15) is 5.10 Å². The van der Waals surface area contributed by atoms with E-state index < -0.39 is 0 Å². The van der Waals surface area contributed by atoms with Crippen molar-refractivity contribution in [2.45, 2.75) is 12.8 Å². The number of rotatable bonds is 2. The van der Waals surface area contributed by atoms with Gasteiger partial charge in [0.2, 0.25) is 0 Å². The third-order valence-electron chi connectivity index (χ3n) is 6.01. The lowest BCUT2D eigenvalue weighted by Gasteiger charge is -2.50. The van der Waals surface area contributed by atoms with E-state index >= 15 is 0 Å². The molecule has 2 fully saturated rings. The quantitative estimate of drug-likeness (QED) is 0.695. The number of aryl methyl sites for hydroxylation is 2. The van der Waals surface area contributed by atoms with E-state index in [4.69, 9.17) is 4.42 Å². The van der Waals surface area contributed by atoms with Gasteiger partial charge in [0, 0.05) is 44.0 Å². The summed E-state index contributed by atoms with van der Waals surface area (Å²) in [5.41, 5.74) is 1.54. The monoisotopic (exact) mass is 365 g/mol. The van der Waals surface area contributed by atoms with Crippen molar-refractivity contribution in [2.75, 3.05) is 33.2 Å². The third kappa shape index (κ3) is 2.41. The van der Waals surface area contributed by atoms with Gasteiger partial charge >= 0.3 is 0 Å². The van der Waals surface area contributed by atoms with Crippen molar-refractivity contribution in [3.63, 3.8) is 0 Å². The van der Waals surface area contributed by atoms with E-state index in [1.165, 1.54) is 0 Å². The molecule has 1 aromatic carbocycles. The highest BCUT2D eigenvalue weighted by Crippen LogP contribution is 2.48. The highest BCUT2D eigenvalue weighted by molar-refractivity contribution is 6.05. The summed E-state index contributed by atoms with van der Waals surface area (Å²) in [6.45, 7) is 5.21. The maximum atomic E-state index is 13.1. The van der Waals surface area contributed by atoms with Gasteiger partial charge in [-0.3, -0.25) is 9.48 Å². The number of carbonyl (C=O) groups is 1. The fourth-order valence-electron chi connectivity index (χ4n) is 4.79. The molecule has 5 rings (SSSR count). The Morgan fingerprint density at radius 2 is 2.00 bits per heavy atom. The van der Waals surface area contributed by atoms with E-state index in [1.54, 1.807) is 10.9 Å². The molecule has 0 saturated carbocycles. The maximum Gasteiger partial charge on any atom is 0.275 e. The van der Waals surface area contributed by atoms with Gasteiger partial charge in [-0.15, -0.1) is 0 Å². The molecule has 140 valence electrons. The van der Waals surface area contributed by atoms with Crippen molar-refractivity contribution in [1.82, 2.24) is 24.6 Å². The third-order valence-corrected chi connectivity index (χ3v) is 6.01. The molecule has 0 aliphatic carbocycles. The van der Waals surface area contributed by atoms with Crippen LogP contribution in [0, 0.1) is 12.3 Å². The van der Waals surface area contributed by atoms with Crippen molar-refractivity contribution in [3.8, 4) is 0 Å². The molecule has 2 aliphatic heterocycles. The molecule has 2 aromatic heterocycles. The minimum Gasteiger partial charge on any atom is -0.446 e. The largest absolute Gasteiger partial charge is 0.446 e. The van der Waals surface area contributed by atoms with Crippen LogP contribution in [-0.4, -0.2) is 63.7 Å². The molecular formula is C20H23N5O2. The number of carbonyl (C=O) groups excluding carboxylic acids is 1. The average molecular weight is 365 g/mol. The number of amides is 1. The number of hydrogen-bond acceptors (Lipinski definition) is 5. The zero-order chi connectivity index (χ0) is 18.8. The van der Waals surface area contributed by atoms with Gasteiger partial charge in [0.25, 0.3) is 5.91 Å². The summed E-state index contributed by atoms with van der Waals surface area (Å²) in [7, 11) is 4.00. The van der Waals surface area contributed by atoms with E-state index in [-0.39, 0.29) is 17.2 Å². The molecule has 27 heavy (non-hydrogen) atoms. The Kier molecular flexibility index (Phi) is 3.46. The van der Waals surface area contributed by atoms with E-state index in [0.29, 0.717) is 18.8 Å². The van der Waals surface area contributed by atoms with Gasteiger partial charge in [-0.25, -0.2) is 4.98 Å². The topological polar surface area (TPSA) is 67.4 Å². The predicted molar refractivity (Wildman–Crippen MR) is 101 cm³/mol. The number of likely N-dealkylation sites (N-methyl/N-ethyl adjacent to an activating group) is 1. The van der Waals surface area contributed by atoms with Gasteiger partial charge in [-0.05, 0) is 20.0 Å². The first-order valence-corrected chi connectivity index (χ1v) is 9.29. The minimum atomic E-state index is 0.00862. The number of oxazole rings is 1. The number of aromatic nitrogens is 3. The molecule has 2 saturated heterocycles. The zero-order valence-electron chi connectivity index (χ0n) is 15.8. The molecule has 2 aliphatic rings. The molecule has 1 amide bonds. The van der Waals surface area contributed by atoms with Crippen LogP contribution >= 0.6 is 0 Å². The first-order valence-electron chi connectivity index (χ1n) is 9.29. The normalized spacial score (nSPS) is 21.9. The van der Waals surface area contributed by atoms with Crippen LogP contribution in [0.4, 0.5) is 0 Å². The number of benzene rings is 1. The van der Waals surface area contributed by atoms with E-state index in [2.05, 4.69) is 22.0 Å². The molecule has 0 radical (unpaired) electrons. The molecule has 0 bridgehead atoms. The minimum absolute atomic E-state index is 0.00862. The lowest BCUT2D eigenvalue weighted by atomic mass is 9.71. The van der Waals surface area contributed by atoms with Crippen LogP contribution in [0.5, 0.6) is 0 Å². The SMILES string of the molecule is Cc1cnc(C2CN(C)CC23CN(C(=O)c2nn(C)c4ccccc24)C3)o1. The van der Waals surface area contributed by atoms with Crippen LogP contribution in [0.15, 0.2) is 34.9 Å². The van der Waals surface area contributed by atoms with Gasteiger partial charge < -0.3 is 14.2 Å². The smallest absolute Gasteiger partial charge is 0.275 e. The zero-order valence-corrected chi connectivity index (χ0v) is 15.8. The number of hydrogen-bond donors (Lipinski definition) is 0. The summed E-state index contributed by atoms with van der Waals surface area (Å²) >= 11 is 0. The lowest BCUT2D eigenvalue weighted by molar-refractivity contribution is 0.000171. The van der Waals surface area contributed by atoms with Crippen LogP contribution in [0.1, 0.15) is 28.1 Å². The van der Waals surface area contributed by atoms with E-state index in [9.17, 15) is 4.79 Å². The van der Waals surface area contributed by atoms with Crippen molar-refractivity contribution < 1.29 is 9.21 Å². The Balaban J connectivity index is 1.41. The average Bonchev–Trinajstić information content (AvgIpc) is 3.29. The Bertz CT molecular complexity index is 1030. The molecule has 0 N–H and O–H groups in total. The Morgan fingerprint density at radius 3 is 2.74 bits per heavy atom. The van der Waals surface area contributed by atoms with Crippen molar-refractivity contribution >= 4 is 16.8 Å². The molecule has 1 atom stereocenters. The fraction of sp³-hybridized carbons (Fsp3) is 0.450. The van der Waals surface area contributed by atoms with Crippen LogP contribution in [-0.2, 0) is 7.05 Å². The number of likely N-dealkylation sites (tertiary alicyclic amines) is 2. The standard InChI is InChI=1S/C20H23N5O2/c1-13-8-21-18(27-13)15-9-23(2)10-20(15)11-25(12-20)19(26)17-14-6-4-5-7-16(14)24(3)22-17/h4-8,15H,9-12H2,1-3H3. The molecule has 7 heteroatoms. The summed E-state index contributed by atoms with van der Waals surface area (Å²) in [4.78, 5) is 21.8. The number of nitrogens with zero attached hydrogens (tertiary/aromatic N) is 5. The molecule has 4 heterocycles. The summed E-state index contributed by atoms with van der Waals surface area (Å²) in [6.07, 6.45) is 1.78. The predicted octanol–water partition coefficient (Wildman–Crippen LogP) is 2.04. The number of fused-ring (bicyclic) bond motifs is 1. The van der Waals surface area contributed by atoms with Crippen molar-refractivity contribution in [3.05, 3.63) is 47.8 Å². The van der Waals surface area contributed by atoms with Gasteiger partial charge in [0.05, 0.1) is 17.6 Å². The van der Waals surface area contributed by atoms with Crippen LogP contribution in [0.2, 0.25) is 0 Å². The highest BCUT2D eigenvalue weighted by atomic mass is 16.4. The van der Waals surface area contributed by atoms with Gasteiger partial charge in [0.1, 0.15) is 5.76 Å². The Labute approximate surface area is 157 Å². The second kappa shape index (κ2) is 5.66. The highest BCUT2D eigenvalue weighted by Gasteiger charge is 2.57. The first kappa shape index (κ1) is 16.5. The lowest BCUT2D eigenvalue weighted by Crippen LogP contribution is -2.61. The van der Waals surface area contributed by atoms with Crippen LogP contribution < -0.4 is 0 Å². The second-order valence-electron chi connectivity index (χ2n) is 8.07. The van der Waals surface area contributed by atoms with E-state index in [0.717, 1.165) is 35.6 Å². The molecular weight excluding hydrogens is 342 g/mol. The fourth-order valence-corrected chi connectivity index (χ4v) is 4.79. The van der Waals surface area contributed by atoms with Crippen LogP contribution in [0.3, 0.4) is 0 Å². The number of para-hydroxylation sites is 1. The maximum absolute atomic E-state index is 13.1. The van der Waals surface area contributed by atoms with Crippen LogP contribution in [0.25, 0.3) is 10.9 Å². The van der Waals surface area contributed by atoms with Crippen molar-refractivity contribution in [1.29, 1.82) is 0 Å². The summed E-state index contributed by atoms with van der Waals surface area (Å²) in [6, 6.07) is 7.87. The van der Waals surface area contributed by atoms with E-state index in [1.807, 2.05) is 43.1 Å². The molecule has 1 spiro atoms. The molecule has 7 nitrogen and oxygen atoms in total.